The molecule has 1 aromatic carbocycles. The molecule has 4 rings (SSSR count). The van der Waals surface area contributed by atoms with Crippen molar-refractivity contribution >= 4 is 16.9 Å². The molecule has 1 unspecified atom stereocenters. The lowest BCUT2D eigenvalue weighted by molar-refractivity contribution is -0.133. The van der Waals surface area contributed by atoms with Crippen LogP contribution in [0.5, 0.6) is 0 Å². The van der Waals surface area contributed by atoms with Crippen LogP contribution in [0.4, 0.5) is 0 Å². The molecule has 2 fully saturated rings. The van der Waals surface area contributed by atoms with Gasteiger partial charge in [0, 0.05) is 52.2 Å². The van der Waals surface area contributed by atoms with E-state index in [1.54, 1.807) is 0 Å². The molecule has 1 amide bonds. The van der Waals surface area contributed by atoms with E-state index in [-0.39, 0.29) is 5.91 Å². The molecule has 2 saturated heterocycles. The van der Waals surface area contributed by atoms with E-state index in [0.29, 0.717) is 18.9 Å². The van der Waals surface area contributed by atoms with E-state index in [2.05, 4.69) is 14.9 Å². The van der Waals surface area contributed by atoms with Crippen molar-refractivity contribution in [1.29, 1.82) is 0 Å². The molecule has 0 saturated carbocycles. The number of carbonyl (C=O) groups is 1. The number of aromatic amines is 1. The van der Waals surface area contributed by atoms with Gasteiger partial charge in [-0.2, -0.15) is 0 Å². The lowest BCUT2D eigenvalue weighted by Gasteiger charge is -2.35. The van der Waals surface area contributed by atoms with Gasteiger partial charge in [0.05, 0.1) is 17.1 Å². The van der Waals surface area contributed by atoms with Gasteiger partial charge in [0.15, 0.2) is 0 Å². The first kappa shape index (κ1) is 16.5. The number of hydrogen-bond donors (Lipinski definition) is 1. The van der Waals surface area contributed by atoms with Crippen LogP contribution in [0.2, 0.25) is 0 Å². The summed E-state index contributed by atoms with van der Waals surface area (Å²) < 4.78 is 5.71. The summed E-state index contributed by atoms with van der Waals surface area (Å²) in [5.74, 6) is 1.13. The first-order chi connectivity index (χ1) is 12.3. The molecule has 2 aliphatic heterocycles. The average Bonchev–Trinajstić information content (AvgIpc) is 3.29. The molecule has 2 aliphatic rings. The number of ether oxygens (including phenoxy) is 1. The zero-order valence-corrected chi connectivity index (χ0v) is 14.6. The van der Waals surface area contributed by atoms with E-state index in [0.717, 1.165) is 56.2 Å². The van der Waals surface area contributed by atoms with Gasteiger partial charge in [-0.15, -0.1) is 0 Å². The number of piperazine rings is 1. The van der Waals surface area contributed by atoms with Gasteiger partial charge in [-0.25, -0.2) is 4.98 Å². The third-order valence-electron chi connectivity index (χ3n) is 5.22. The van der Waals surface area contributed by atoms with Crippen LogP contribution >= 0.6 is 0 Å². The van der Waals surface area contributed by atoms with E-state index in [1.807, 2.05) is 29.2 Å². The maximum atomic E-state index is 12.5. The van der Waals surface area contributed by atoms with E-state index in [9.17, 15) is 4.79 Å². The monoisotopic (exact) mass is 342 g/mol. The minimum absolute atomic E-state index is 0.234. The number of imidazole rings is 1. The van der Waals surface area contributed by atoms with Gasteiger partial charge in [0.1, 0.15) is 5.82 Å². The summed E-state index contributed by atoms with van der Waals surface area (Å²) >= 11 is 0. The second-order valence-electron chi connectivity index (χ2n) is 7.02. The van der Waals surface area contributed by atoms with Gasteiger partial charge < -0.3 is 14.6 Å². The van der Waals surface area contributed by atoms with Crippen LogP contribution in [-0.2, 0) is 16.0 Å². The molecular weight excluding hydrogens is 316 g/mol. The van der Waals surface area contributed by atoms with Crippen molar-refractivity contribution in [1.82, 2.24) is 19.8 Å². The molecule has 3 heterocycles. The number of rotatable bonds is 5. The van der Waals surface area contributed by atoms with E-state index in [1.165, 1.54) is 12.8 Å². The fourth-order valence-electron chi connectivity index (χ4n) is 3.76. The summed E-state index contributed by atoms with van der Waals surface area (Å²) in [5, 5.41) is 0. The van der Waals surface area contributed by atoms with Crippen molar-refractivity contribution in [2.45, 2.75) is 31.8 Å². The van der Waals surface area contributed by atoms with E-state index in [4.69, 9.17) is 4.74 Å². The summed E-state index contributed by atoms with van der Waals surface area (Å²) in [4.78, 5) is 24.8. The maximum Gasteiger partial charge on any atom is 0.223 e. The minimum atomic E-state index is 0.234. The number of aryl methyl sites for hydroxylation is 1. The molecule has 25 heavy (non-hydrogen) atoms. The van der Waals surface area contributed by atoms with Gasteiger partial charge >= 0.3 is 0 Å². The number of nitrogens with zero attached hydrogens (tertiary/aromatic N) is 3. The van der Waals surface area contributed by atoms with Gasteiger partial charge in [-0.1, -0.05) is 12.1 Å². The Bertz CT molecular complexity index is 682. The highest BCUT2D eigenvalue weighted by atomic mass is 16.5. The summed E-state index contributed by atoms with van der Waals surface area (Å²) in [6, 6.07) is 7.98. The number of hydrogen-bond acceptors (Lipinski definition) is 4. The lowest BCUT2D eigenvalue weighted by Crippen LogP contribution is -2.50. The lowest BCUT2D eigenvalue weighted by atomic mass is 10.2. The SMILES string of the molecule is O=C(CCc1nc2ccccc2[nH]1)N1CCN(CC2CCCO2)CC1. The zero-order valence-electron chi connectivity index (χ0n) is 14.6. The Labute approximate surface area is 148 Å². The predicted molar refractivity (Wildman–Crippen MR) is 96.4 cm³/mol. The molecule has 0 radical (unpaired) electrons. The van der Waals surface area contributed by atoms with Crippen LogP contribution in [0.15, 0.2) is 24.3 Å². The van der Waals surface area contributed by atoms with Crippen molar-refractivity contribution < 1.29 is 9.53 Å². The molecule has 0 bridgehead atoms. The van der Waals surface area contributed by atoms with Crippen molar-refractivity contribution in [2.75, 3.05) is 39.3 Å². The number of amides is 1. The van der Waals surface area contributed by atoms with Gasteiger partial charge in [0.25, 0.3) is 0 Å². The Kier molecular flexibility index (Phi) is 4.99. The standard InChI is InChI=1S/C19H26N4O2/c24-19(8-7-18-20-16-5-1-2-6-17(16)21-18)23-11-9-22(10-12-23)14-15-4-3-13-25-15/h1-2,5-6,15H,3-4,7-14H2,(H,20,21). The first-order valence-electron chi connectivity index (χ1n) is 9.33. The molecule has 6 nitrogen and oxygen atoms in total. The van der Waals surface area contributed by atoms with Gasteiger partial charge in [0.2, 0.25) is 5.91 Å². The Hall–Kier alpha value is -1.92. The number of aromatic nitrogens is 2. The van der Waals surface area contributed by atoms with Gasteiger partial charge in [-0.3, -0.25) is 9.69 Å². The third-order valence-corrected chi connectivity index (χ3v) is 5.22. The number of para-hydroxylation sites is 2. The highest BCUT2D eigenvalue weighted by molar-refractivity contribution is 5.77. The molecular formula is C19H26N4O2. The summed E-state index contributed by atoms with van der Waals surface area (Å²) in [5.41, 5.74) is 2.00. The Morgan fingerprint density at radius 1 is 1.24 bits per heavy atom. The summed E-state index contributed by atoms with van der Waals surface area (Å²) in [6.45, 7) is 5.48. The molecule has 1 aromatic heterocycles. The molecule has 6 heteroatoms. The van der Waals surface area contributed by atoms with Gasteiger partial charge in [-0.05, 0) is 25.0 Å². The van der Waals surface area contributed by atoms with Crippen molar-refractivity contribution in [3.63, 3.8) is 0 Å². The van der Waals surface area contributed by atoms with Crippen molar-refractivity contribution in [3.8, 4) is 0 Å². The van der Waals surface area contributed by atoms with Crippen LogP contribution in [-0.4, -0.2) is 71.1 Å². The van der Waals surface area contributed by atoms with E-state index >= 15 is 0 Å². The average molecular weight is 342 g/mol. The fraction of sp³-hybridized carbons (Fsp3) is 0.579. The van der Waals surface area contributed by atoms with Crippen LogP contribution < -0.4 is 0 Å². The van der Waals surface area contributed by atoms with Crippen LogP contribution in [0.25, 0.3) is 11.0 Å². The maximum absolute atomic E-state index is 12.5. The fourth-order valence-corrected chi connectivity index (χ4v) is 3.76. The van der Waals surface area contributed by atoms with Crippen LogP contribution in [0.3, 0.4) is 0 Å². The third kappa shape index (κ3) is 4.02. The highest BCUT2D eigenvalue weighted by Gasteiger charge is 2.24. The smallest absolute Gasteiger partial charge is 0.223 e. The van der Waals surface area contributed by atoms with Crippen molar-refractivity contribution in [2.24, 2.45) is 0 Å². The number of carbonyl (C=O) groups excluding carboxylic acids is 1. The molecule has 134 valence electrons. The second-order valence-corrected chi connectivity index (χ2v) is 7.02. The quantitative estimate of drug-likeness (QED) is 0.900. The number of H-pyrrole nitrogens is 1. The van der Waals surface area contributed by atoms with E-state index < -0.39 is 0 Å². The Balaban J connectivity index is 1.23. The Morgan fingerprint density at radius 3 is 2.84 bits per heavy atom. The number of benzene rings is 1. The van der Waals surface area contributed by atoms with Crippen LogP contribution in [0, 0.1) is 0 Å². The molecule has 0 aliphatic carbocycles. The zero-order chi connectivity index (χ0) is 17.1. The molecule has 0 spiro atoms. The second kappa shape index (κ2) is 7.54. The molecule has 1 atom stereocenters. The normalized spacial score (nSPS) is 21.9. The topological polar surface area (TPSA) is 61.5 Å². The summed E-state index contributed by atoms with van der Waals surface area (Å²) in [6.07, 6.45) is 3.95. The number of nitrogens with one attached hydrogen (secondary N) is 1. The Morgan fingerprint density at radius 2 is 2.08 bits per heavy atom. The van der Waals surface area contributed by atoms with Crippen LogP contribution in [0.1, 0.15) is 25.1 Å². The predicted octanol–water partition coefficient (Wildman–Crippen LogP) is 1.82. The number of fused-ring (bicyclic) bond motifs is 1. The minimum Gasteiger partial charge on any atom is -0.377 e. The molecule has 1 N–H and O–H groups in total. The largest absolute Gasteiger partial charge is 0.377 e. The summed E-state index contributed by atoms with van der Waals surface area (Å²) in [7, 11) is 0. The van der Waals surface area contributed by atoms with Crippen molar-refractivity contribution in [3.05, 3.63) is 30.1 Å². The first-order valence-corrected chi connectivity index (χ1v) is 9.33. The highest BCUT2D eigenvalue weighted by Crippen LogP contribution is 2.15. The molecule has 2 aromatic rings.